The summed E-state index contributed by atoms with van der Waals surface area (Å²) in [6.45, 7) is 2.44. The largest absolute Gasteiger partial charge is 0.462 e. The second-order valence-corrected chi connectivity index (χ2v) is 10.3. The molecule has 0 spiro atoms. The van der Waals surface area contributed by atoms with Crippen LogP contribution in [0.5, 0.6) is 0 Å². The molecular weight excluding hydrogens is 520 g/mol. The summed E-state index contributed by atoms with van der Waals surface area (Å²) in [4.78, 5) is 29.9. The Kier molecular flexibility index (Phi) is 8.72. The van der Waals surface area contributed by atoms with Crippen LogP contribution < -0.4 is 5.32 Å². The van der Waals surface area contributed by atoms with Crippen molar-refractivity contribution >= 4 is 29.6 Å². The number of aryl methyl sites for hydroxylation is 1. The van der Waals surface area contributed by atoms with Gasteiger partial charge in [0.15, 0.2) is 0 Å². The summed E-state index contributed by atoms with van der Waals surface area (Å²) in [7, 11) is 0. The van der Waals surface area contributed by atoms with Gasteiger partial charge in [-0.25, -0.2) is 4.79 Å². The first-order chi connectivity index (χ1) is 19.5. The number of benzene rings is 3. The van der Waals surface area contributed by atoms with Crippen molar-refractivity contribution in [2.75, 3.05) is 6.61 Å². The first kappa shape index (κ1) is 27.4. The highest BCUT2D eigenvalue weighted by Gasteiger charge is 2.25. The van der Waals surface area contributed by atoms with Crippen molar-refractivity contribution in [2.24, 2.45) is 0 Å². The van der Waals surface area contributed by atoms with Gasteiger partial charge in [0.25, 0.3) is 5.91 Å². The molecule has 1 N–H and O–H groups in total. The lowest BCUT2D eigenvalue weighted by Gasteiger charge is -2.17. The maximum absolute atomic E-state index is 13.3. The smallest absolute Gasteiger partial charge is 0.338 e. The molecule has 1 amide bonds. The molecule has 0 fully saturated rings. The Balaban J connectivity index is 1.21. The average Bonchev–Trinajstić information content (AvgIpc) is 3.39. The van der Waals surface area contributed by atoms with Gasteiger partial charge in [-0.15, -0.1) is 0 Å². The number of pyridine rings is 1. The molecule has 0 saturated carbocycles. The summed E-state index contributed by atoms with van der Waals surface area (Å²) in [5.41, 5.74) is 7.32. The molecule has 40 heavy (non-hydrogen) atoms. The van der Waals surface area contributed by atoms with Crippen LogP contribution >= 0.6 is 11.6 Å². The molecule has 1 aliphatic carbocycles. The first-order valence-corrected chi connectivity index (χ1v) is 14.0. The number of halogens is 1. The third kappa shape index (κ3) is 6.49. The van der Waals surface area contributed by atoms with Crippen molar-refractivity contribution in [3.8, 4) is 11.1 Å². The fraction of sp³-hybridized carbons (Fsp3) is 0.206. The Morgan fingerprint density at radius 3 is 2.50 bits per heavy atom. The second kappa shape index (κ2) is 12.8. The van der Waals surface area contributed by atoms with E-state index in [-0.39, 0.29) is 17.8 Å². The fourth-order valence-electron chi connectivity index (χ4n) is 5.06. The van der Waals surface area contributed by atoms with Crippen LogP contribution in [0.1, 0.15) is 68.8 Å². The minimum absolute atomic E-state index is 0.139. The Labute approximate surface area is 239 Å². The van der Waals surface area contributed by atoms with Gasteiger partial charge in [0.1, 0.15) is 0 Å². The van der Waals surface area contributed by atoms with Crippen molar-refractivity contribution < 1.29 is 14.3 Å². The molecule has 1 aromatic heterocycles. The summed E-state index contributed by atoms with van der Waals surface area (Å²) >= 11 is 6.39. The third-order valence-electron chi connectivity index (χ3n) is 7.10. The van der Waals surface area contributed by atoms with Crippen molar-refractivity contribution in [3.63, 3.8) is 0 Å². The number of carbonyl (C=O) groups excluding carboxylic acids is 2. The van der Waals surface area contributed by atoms with Gasteiger partial charge in [0.05, 0.1) is 12.2 Å². The number of ether oxygens (including phenoxy) is 1. The van der Waals surface area contributed by atoms with E-state index in [4.69, 9.17) is 16.3 Å². The molecule has 0 aliphatic heterocycles. The van der Waals surface area contributed by atoms with Crippen LogP contribution in [0.25, 0.3) is 17.2 Å². The molecule has 1 heterocycles. The minimum Gasteiger partial charge on any atom is -0.462 e. The van der Waals surface area contributed by atoms with E-state index >= 15 is 0 Å². The maximum Gasteiger partial charge on any atom is 0.338 e. The summed E-state index contributed by atoms with van der Waals surface area (Å²) < 4.78 is 5.03. The Morgan fingerprint density at radius 2 is 1.77 bits per heavy atom. The van der Waals surface area contributed by atoms with Crippen LogP contribution in [0, 0.1) is 0 Å². The van der Waals surface area contributed by atoms with E-state index in [1.165, 1.54) is 0 Å². The topological polar surface area (TPSA) is 68.3 Å². The lowest BCUT2D eigenvalue weighted by Crippen LogP contribution is -2.24. The Bertz CT molecular complexity index is 1510. The number of allylic oxidation sites excluding steroid dienone is 1. The van der Waals surface area contributed by atoms with Crippen molar-refractivity contribution in [3.05, 3.63) is 130 Å². The number of amides is 1. The average molecular weight is 551 g/mol. The number of carbonyl (C=O) groups is 2. The summed E-state index contributed by atoms with van der Waals surface area (Å²) in [5, 5.41) is 3.55. The number of fused-ring (bicyclic) bond motifs is 1. The zero-order chi connectivity index (χ0) is 27.9. The molecule has 1 atom stereocenters. The van der Waals surface area contributed by atoms with E-state index in [0.29, 0.717) is 29.3 Å². The molecule has 3 aromatic carbocycles. The number of aromatic nitrogens is 1. The fourth-order valence-corrected chi connectivity index (χ4v) is 5.29. The molecule has 0 saturated heterocycles. The van der Waals surface area contributed by atoms with E-state index in [1.54, 1.807) is 25.1 Å². The van der Waals surface area contributed by atoms with Gasteiger partial charge in [-0.05, 0) is 78.8 Å². The van der Waals surface area contributed by atoms with Gasteiger partial charge in [-0.1, -0.05) is 72.3 Å². The quantitative estimate of drug-likeness (QED) is 0.206. The summed E-state index contributed by atoms with van der Waals surface area (Å²) in [5.74, 6) is -0.383. The highest BCUT2D eigenvalue weighted by Crippen LogP contribution is 2.38. The first-order valence-electron chi connectivity index (χ1n) is 13.6. The van der Waals surface area contributed by atoms with E-state index in [1.807, 2.05) is 42.6 Å². The molecule has 5 nitrogen and oxygen atoms in total. The molecule has 0 bridgehead atoms. The van der Waals surface area contributed by atoms with Crippen molar-refractivity contribution in [1.82, 2.24) is 10.3 Å². The highest BCUT2D eigenvalue weighted by atomic mass is 35.5. The summed E-state index contributed by atoms with van der Waals surface area (Å²) in [6.07, 6.45) is 8.88. The summed E-state index contributed by atoms with van der Waals surface area (Å²) in [6, 6.07) is 25.2. The molecule has 6 heteroatoms. The zero-order valence-electron chi connectivity index (χ0n) is 22.4. The van der Waals surface area contributed by atoms with Crippen LogP contribution in [-0.2, 0) is 17.7 Å². The molecule has 202 valence electrons. The number of esters is 1. The lowest BCUT2D eigenvalue weighted by molar-refractivity contribution is 0.0526. The van der Waals surface area contributed by atoms with E-state index < -0.39 is 0 Å². The minimum atomic E-state index is -0.355. The number of rotatable bonds is 10. The Hall–Kier alpha value is -4.22. The molecule has 4 aromatic rings. The molecule has 0 radical (unpaired) electrons. The number of hydrogen-bond donors (Lipinski definition) is 1. The maximum atomic E-state index is 13.3. The highest BCUT2D eigenvalue weighted by molar-refractivity contribution is 6.31. The van der Waals surface area contributed by atoms with Gasteiger partial charge in [0.2, 0.25) is 0 Å². The van der Waals surface area contributed by atoms with Crippen molar-refractivity contribution in [2.45, 2.75) is 38.6 Å². The predicted molar refractivity (Wildman–Crippen MR) is 159 cm³/mol. The van der Waals surface area contributed by atoms with Gasteiger partial charge in [-0.3, -0.25) is 9.78 Å². The predicted octanol–water partition coefficient (Wildman–Crippen LogP) is 7.64. The van der Waals surface area contributed by atoms with Crippen LogP contribution in [0.2, 0.25) is 5.02 Å². The van der Waals surface area contributed by atoms with Crippen LogP contribution in [0.3, 0.4) is 0 Å². The molecule has 1 unspecified atom stereocenters. The van der Waals surface area contributed by atoms with E-state index in [2.05, 4.69) is 46.7 Å². The monoisotopic (exact) mass is 550 g/mol. The van der Waals surface area contributed by atoms with Gasteiger partial charge >= 0.3 is 5.97 Å². The van der Waals surface area contributed by atoms with Gasteiger partial charge < -0.3 is 10.1 Å². The Morgan fingerprint density at radius 1 is 0.975 bits per heavy atom. The molecule has 5 rings (SSSR count). The number of nitrogens with one attached hydrogen (secondary N) is 1. The lowest BCUT2D eigenvalue weighted by atomic mass is 9.90. The molecule has 1 aliphatic rings. The standard InChI is InChI=1S/C34H31ClN2O3/c1-2-40-34(39)26-13-11-23(12-14-26)21-37-33(38)31-20-29(35)19-27-16-15-25(32(27)31)9-6-10-30-18-17-28(22-36-30)24-7-4-3-5-8-24/h3-5,7-8,11-20,22,25H,2,6,9-10,21H2,1H3,(H,37,38). The van der Waals surface area contributed by atoms with Gasteiger partial charge in [-0.2, -0.15) is 0 Å². The third-order valence-corrected chi connectivity index (χ3v) is 7.32. The normalized spacial score (nSPS) is 13.6. The van der Waals surface area contributed by atoms with Gasteiger partial charge in [0, 0.05) is 40.5 Å². The zero-order valence-corrected chi connectivity index (χ0v) is 23.2. The SMILES string of the molecule is CCOC(=O)c1ccc(CNC(=O)c2cc(Cl)cc3c2C(CCCc2ccc(-c4ccccc4)cn2)C=C3)cc1. The van der Waals surface area contributed by atoms with Crippen LogP contribution in [0.15, 0.2) is 91.1 Å². The van der Waals surface area contributed by atoms with Crippen LogP contribution in [0.4, 0.5) is 0 Å². The van der Waals surface area contributed by atoms with E-state index in [0.717, 1.165) is 52.8 Å². The van der Waals surface area contributed by atoms with E-state index in [9.17, 15) is 9.59 Å². The number of hydrogen-bond acceptors (Lipinski definition) is 4. The van der Waals surface area contributed by atoms with Crippen molar-refractivity contribution in [1.29, 1.82) is 0 Å². The second-order valence-electron chi connectivity index (χ2n) is 9.82. The molecular formula is C34H31ClN2O3. The number of nitrogens with zero attached hydrogens (tertiary/aromatic N) is 1. The van der Waals surface area contributed by atoms with Crippen LogP contribution in [-0.4, -0.2) is 23.5 Å².